The SMILES string of the molecule is Cc1cscc1C1(O)CC2CC1C2. The maximum Gasteiger partial charge on any atom is 0.0937 e. The molecule has 2 heteroatoms. The molecule has 2 bridgehead atoms. The summed E-state index contributed by atoms with van der Waals surface area (Å²) in [6.07, 6.45) is 3.52. The molecule has 0 radical (unpaired) electrons. The van der Waals surface area contributed by atoms with E-state index in [1.54, 1.807) is 11.3 Å². The molecule has 1 heterocycles. The summed E-state index contributed by atoms with van der Waals surface area (Å²) in [5, 5.41) is 14.8. The number of thiophene rings is 1. The standard InChI is InChI=1S/C11H14OS/c1-7-5-13-6-10(7)11(12)4-8-2-9(11)3-8/h5-6,8-9,12H,2-4H2,1H3. The third-order valence-corrected chi connectivity index (χ3v) is 4.69. The van der Waals surface area contributed by atoms with Gasteiger partial charge in [0.1, 0.15) is 0 Å². The van der Waals surface area contributed by atoms with Crippen LogP contribution in [-0.2, 0) is 5.60 Å². The molecule has 13 heavy (non-hydrogen) atoms. The van der Waals surface area contributed by atoms with Gasteiger partial charge in [-0.3, -0.25) is 0 Å². The van der Waals surface area contributed by atoms with E-state index in [0.29, 0.717) is 5.92 Å². The molecule has 0 spiro atoms. The summed E-state index contributed by atoms with van der Waals surface area (Å²) in [7, 11) is 0. The molecule has 4 rings (SSSR count). The highest BCUT2D eigenvalue weighted by Crippen LogP contribution is 2.59. The molecule has 0 aliphatic heterocycles. The van der Waals surface area contributed by atoms with E-state index >= 15 is 0 Å². The summed E-state index contributed by atoms with van der Waals surface area (Å²) in [4.78, 5) is 0. The maximum absolute atomic E-state index is 10.5. The Labute approximate surface area is 82.4 Å². The molecule has 0 aromatic carbocycles. The third kappa shape index (κ3) is 0.906. The molecule has 1 aromatic rings. The molecule has 1 atom stereocenters. The lowest BCUT2D eigenvalue weighted by molar-refractivity contribution is 0.00585. The quantitative estimate of drug-likeness (QED) is 0.728. The highest BCUT2D eigenvalue weighted by molar-refractivity contribution is 7.08. The summed E-state index contributed by atoms with van der Waals surface area (Å²) in [5.41, 5.74) is 2.04. The second-order valence-electron chi connectivity index (χ2n) is 4.63. The summed E-state index contributed by atoms with van der Waals surface area (Å²) < 4.78 is 0. The Morgan fingerprint density at radius 1 is 1.46 bits per heavy atom. The van der Waals surface area contributed by atoms with Crippen molar-refractivity contribution in [1.82, 2.24) is 0 Å². The minimum absolute atomic E-state index is 0.450. The van der Waals surface area contributed by atoms with E-state index in [9.17, 15) is 5.11 Å². The Balaban J connectivity index is 2.05. The fraction of sp³-hybridized carbons (Fsp3) is 0.636. The van der Waals surface area contributed by atoms with Crippen molar-refractivity contribution in [3.63, 3.8) is 0 Å². The van der Waals surface area contributed by atoms with Crippen molar-refractivity contribution < 1.29 is 5.11 Å². The van der Waals surface area contributed by atoms with Crippen molar-refractivity contribution in [2.24, 2.45) is 11.8 Å². The zero-order valence-corrected chi connectivity index (χ0v) is 8.60. The van der Waals surface area contributed by atoms with Gasteiger partial charge in [-0.1, -0.05) is 0 Å². The van der Waals surface area contributed by atoms with Crippen LogP contribution in [0.1, 0.15) is 30.4 Å². The largest absolute Gasteiger partial charge is 0.385 e. The van der Waals surface area contributed by atoms with Crippen LogP contribution in [0, 0.1) is 18.8 Å². The Hall–Kier alpha value is -0.340. The van der Waals surface area contributed by atoms with Gasteiger partial charge in [0.15, 0.2) is 0 Å². The smallest absolute Gasteiger partial charge is 0.0937 e. The van der Waals surface area contributed by atoms with E-state index in [0.717, 1.165) is 12.3 Å². The van der Waals surface area contributed by atoms with Crippen LogP contribution in [0.2, 0.25) is 0 Å². The number of hydrogen-bond acceptors (Lipinski definition) is 2. The van der Waals surface area contributed by atoms with Gasteiger partial charge in [0.05, 0.1) is 5.60 Å². The minimum Gasteiger partial charge on any atom is -0.385 e. The molecule has 3 saturated carbocycles. The van der Waals surface area contributed by atoms with Gasteiger partial charge in [-0.2, -0.15) is 11.3 Å². The number of rotatable bonds is 1. The molecule has 0 amide bonds. The van der Waals surface area contributed by atoms with Crippen LogP contribution in [0.4, 0.5) is 0 Å². The van der Waals surface area contributed by atoms with Gasteiger partial charge < -0.3 is 5.11 Å². The van der Waals surface area contributed by atoms with Crippen LogP contribution in [0.5, 0.6) is 0 Å². The lowest BCUT2D eigenvalue weighted by Gasteiger charge is -2.30. The van der Waals surface area contributed by atoms with Crippen LogP contribution in [-0.4, -0.2) is 5.11 Å². The van der Waals surface area contributed by atoms with Crippen LogP contribution >= 0.6 is 11.3 Å². The first kappa shape index (κ1) is 8.01. The molecule has 3 aliphatic rings. The normalized spacial score (nSPS) is 42.0. The average molecular weight is 194 g/mol. The van der Waals surface area contributed by atoms with E-state index in [1.807, 2.05) is 0 Å². The summed E-state index contributed by atoms with van der Waals surface area (Å²) >= 11 is 1.71. The Morgan fingerprint density at radius 2 is 2.23 bits per heavy atom. The molecular weight excluding hydrogens is 180 g/mol. The van der Waals surface area contributed by atoms with E-state index in [2.05, 4.69) is 17.7 Å². The Morgan fingerprint density at radius 3 is 2.69 bits per heavy atom. The van der Waals surface area contributed by atoms with E-state index in [1.165, 1.54) is 24.0 Å². The second kappa shape index (κ2) is 2.37. The minimum atomic E-state index is -0.450. The number of aryl methyl sites for hydroxylation is 1. The topological polar surface area (TPSA) is 20.2 Å². The van der Waals surface area contributed by atoms with Gasteiger partial charge in [-0.25, -0.2) is 0 Å². The van der Waals surface area contributed by atoms with Gasteiger partial charge in [-0.15, -0.1) is 0 Å². The zero-order chi connectivity index (χ0) is 9.05. The number of fused-ring (bicyclic) bond motifs is 1. The van der Waals surface area contributed by atoms with Gasteiger partial charge in [0.25, 0.3) is 0 Å². The fourth-order valence-corrected chi connectivity index (χ4v) is 3.96. The number of aliphatic hydroxyl groups is 1. The van der Waals surface area contributed by atoms with Crippen molar-refractivity contribution in [2.75, 3.05) is 0 Å². The van der Waals surface area contributed by atoms with Crippen LogP contribution in [0.25, 0.3) is 0 Å². The number of hydrogen-bond donors (Lipinski definition) is 1. The molecule has 1 N–H and O–H groups in total. The lowest BCUT2D eigenvalue weighted by Crippen LogP contribution is -2.29. The van der Waals surface area contributed by atoms with Crippen LogP contribution in [0.15, 0.2) is 10.8 Å². The highest BCUT2D eigenvalue weighted by Gasteiger charge is 2.55. The van der Waals surface area contributed by atoms with Crippen LogP contribution < -0.4 is 0 Å². The van der Waals surface area contributed by atoms with Gasteiger partial charge in [0.2, 0.25) is 0 Å². The highest BCUT2D eigenvalue weighted by atomic mass is 32.1. The van der Waals surface area contributed by atoms with Gasteiger partial charge in [0, 0.05) is 0 Å². The third-order valence-electron chi connectivity index (χ3n) is 3.83. The van der Waals surface area contributed by atoms with Crippen molar-refractivity contribution in [1.29, 1.82) is 0 Å². The van der Waals surface area contributed by atoms with E-state index in [-0.39, 0.29) is 0 Å². The molecule has 70 valence electrons. The summed E-state index contributed by atoms with van der Waals surface area (Å²) in [6, 6.07) is 0. The predicted octanol–water partition coefficient (Wildman–Crippen LogP) is 2.67. The first-order chi connectivity index (χ1) is 6.20. The summed E-state index contributed by atoms with van der Waals surface area (Å²) in [5.74, 6) is 1.38. The molecule has 1 nitrogen and oxygen atoms in total. The molecule has 3 fully saturated rings. The van der Waals surface area contributed by atoms with Crippen LogP contribution in [0.3, 0.4) is 0 Å². The van der Waals surface area contributed by atoms with E-state index in [4.69, 9.17) is 0 Å². The van der Waals surface area contributed by atoms with E-state index < -0.39 is 5.60 Å². The molecular formula is C11H14OS. The summed E-state index contributed by atoms with van der Waals surface area (Å²) in [6.45, 7) is 2.11. The first-order valence-electron chi connectivity index (χ1n) is 4.96. The predicted molar refractivity (Wildman–Crippen MR) is 53.8 cm³/mol. The molecule has 3 aliphatic carbocycles. The van der Waals surface area contributed by atoms with Gasteiger partial charge in [-0.05, 0) is 59.9 Å². The monoisotopic (exact) mass is 194 g/mol. The van der Waals surface area contributed by atoms with Crippen molar-refractivity contribution in [2.45, 2.75) is 31.8 Å². The molecule has 1 aromatic heterocycles. The Kier molecular flexibility index (Phi) is 1.46. The maximum atomic E-state index is 10.5. The molecule has 1 unspecified atom stereocenters. The zero-order valence-electron chi connectivity index (χ0n) is 7.79. The van der Waals surface area contributed by atoms with Crippen molar-refractivity contribution in [3.8, 4) is 0 Å². The lowest BCUT2D eigenvalue weighted by atomic mass is 9.79. The van der Waals surface area contributed by atoms with Gasteiger partial charge >= 0.3 is 0 Å². The second-order valence-corrected chi connectivity index (χ2v) is 5.37. The molecule has 0 saturated heterocycles. The Bertz CT molecular complexity index is 338. The van der Waals surface area contributed by atoms with Crippen molar-refractivity contribution in [3.05, 3.63) is 21.9 Å². The first-order valence-corrected chi connectivity index (χ1v) is 5.90. The average Bonchev–Trinajstić information content (AvgIpc) is 2.59. The fourth-order valence-electron chi connectivity index (χ4n) is 3.03. The van der Waals surface area contributed by atoms with Crippen molar-refractivity contribution >= 4 is 11.3 Å².